The highest BCUT2D eigenvalue weighted by molar-refractivity contribution is 5.81. The van der Waals surface area contributed by atoms with Crippen LogP contribution in [0.1, 0.15) is 17.5 Å². The molecule has 0 bridgehead atoms. The number of benzene rings is 2. The minimum Gasteiger partial charge on any atom is -0.380 e. The summed E-state index contributed by atoms with van der Waals surface area (Å²) in [7, 11) is 2.13. The van der Waals surface area contributed by atoms with Gasteiger partial charge in [0.15, 0.2) is 0 Å². The summed E-state index contributed by atoms with van der Waals surface area (Å²) in [5.74, 6) is -0.196. The molecule has 1 aliphatic rings. The standard InChI is InChI=1S/C22H23FN2O/c1-25(14-18-5-2-4-17-6-3-12-24-21(17)18)15-22(11-13-26-16-22)19-7-9-20(23)10-8-19/h2-10,12H,11,13-16H2,1H3/t22-/m1/s1. The summed E-state index contributed by atoms with van der Waals surface area (Å²) in [6, 6.07) is 17.3. The van der Waals surface area contributed by atoms with Crippen LogP contribution in [0, 0.1) is 5.82 Å². The van der Waals surface area contributed by atoms with Gasteiger partial charge in [-0.1, -0.05) is 36.4 Å². The van der Waals surface area contributed by atoms with Gasteiger partial charge in [-0.15, -0.1) is 0 Å². The van der Waals surface area contributed by atoms with Crippen LogP contribution in [0.3, 0.4) is 0 Å². The van der Waals surface area contributed by atoms with E-state index < -0.39 is 0 Å². The Balaban J connectivity index is 1.57. The monoisotopic (exact) mass is 350 g/mol. The number of halogens is 1. The maximum Gasteiger partial charge on any atom is 0.123 e. The molecular formula is C22H23FN2O. The molecule has 0 spiro atoms. The van der Waals surface area contributed by atoms with Gasteiger partial charge in [0.2, 0.25) is 0 Å². The number of para-hydroxylation sites is 1. The first-order chi connectivity index (χ1) is 12.7. The maximum atomic E-state index is 13.3. The Kier molecular flexibility index (Phi) is 4.70. The highest BCUT2D eigenvalue weighted by atomic mass is 19.1. The summed E-state index contributed by atoms with van der Waals surface area (Å²) < 4.78 is 19.1. The lowest BCUT2D eigenvalue weighted by Crippen LogP contribution is -2.39. The molecule has 1 atom stereocenters. The molecule has 0 unspecified atom stereocenters. The Bertz CT molecular complexity index is 883. The molecule has 1 fully saturated rings. The van der Waals surface area contributed by atoms with Crippen molar-refractivity contribution in [3.63, 3.8) is 0 Å². The number of aromatic nitrogens is 1. The Morgan fingerprint density at radius 3 is 2.69 bits per heavy atom. The third-order valence-electron chi connectivity index (χ3n) is 5.29. The number of fused-ring (bicyclic) bond motifs is 1. The summed E-state index contributed by atoms with van der Waals surface area (Å²) >= 11 is 0. The first-order valence-corrected chi connectivity index (χ1v) is 9.01. The van der Waals surface area contributed by atoms with Crippen molar-refractivity contribution in [2.75, 3.05) is 26.8 Å². The van der Waals surface area contributed by atoms with Crippen LogP contribution in [0.2, 0.25) is 0 Å². The van der Waals surface area contributed by atoms with Crippen molar-refractivity contribution in [1.82, 2.24) is 9.88 Å². The second-order valence-electron chi connectivity index (χ2n) is 7.25. The van der Waals surface area contributed by atoms with Crippen LogP contribution < -0.4 is 0 Å². The molecule has 3 aromatic rings. The number of nitrogens with zero attached hydrogens (tertiary/aromatic N) is 2. The van der Waals surface area contributed by atoms with E-state index in [-0.39, 0.29) is 11.2 Å². The van der Waals surface area contributed by atoms with Gasteiger partial charge >= 0.3 is 0 Å². The number of hydrogen-bond acceptors (Lipinski definition) is 3. The summed E-state index contributed by atoms with van der Waals surface area (Å²) in [5.41, 5.74) is 3.35. The first-order valence-electron chi connectivity index (χ1n) is 9.01. The minimum absolute atomic E-state index is 0.0829. The van der Waals surface area contributed by atoms with Gasteiger partial charge in [-0.25, -0.2) is 4.39 Å². The van der Waals surface area contributed by atoms with Crippen LogP contribution in [0.5, 0.6) is 0 Å². The van der Waals surface area contributed by atoms with E-state index in [1.807, 2.05) is 24.4 Å². The number of likely N-dealkylation sites (N-methyl/N-ethyl adjacent to an activating group) is 1. The van der Waals surface area contributed by atoms with Crippen LogP contribution in [0.4, 0.5) is 4.39 Å². The van der Waals surface area contributed by atoms with Gasteiger partial charge in [0.05, 0.1) is 12.1 Å². The predicted molar refractivity (Wildman–Crippen MR) is 102 cm³/mol. The molecule has 0 saturated carbocycles. The Morgan fingerprint density at radius 2 is 1.92 bits per heavy atom. The molecule has 0 amide bonds. The third-order valence-corrected chi connectivity index (χ3v) is 5.29. The van der Waals surface area contributed by atoms with Gasteiger partial charge in [0.1, 0.15) is 5.82 Å². The van der Waals surface area contributed by atoms with Crippen LogP contribution in [-0.2, 0) is 16.7 Å². The Labute approximate surface area is 153 Å². The largest absolute Gasteiger partial charge is 0.380 e. The topological polar surface area (TPSA) is 25.4 Å². The minimum atomic E-state index is -0.196. The van der Waals surface area contributed by atoms with Gasteiger partial charge in [-0.3, -0.25) is 4.98 Å². The van der Waals surface area contributed by atoms with Crippen LogP contribution in [0.15, 0.2) is 60.8 Å². The van der Waals surface area contributed by atoms with Crippen molar-refractivity contribution in [3.05, 3.63) is 77.7 Å². The highest BCUT2D eigenvalue weighted by Gasteiger charge is 2.37. The normalized spacial score (nSPS) is 20.1. The van der Waals surface area contributed by atoms with E-state index in [1.165, 1.54) is 5.56 Å². The fraction of sp³-hybridized carbons (Fsp3) is 0.318. The Hall–Kier alpha value is -2.30. The summed E-state index contributed by atoms with van der Waals surface area (Å²) in [5, 5.41) is 1.16. The van der Waals surface area contributed by atoms with Crippen LogP contribution >= 0.6 is 0 Å². The lowest BCUT2D eigenvalue weighted by molar-refractivity contribution is 0.157. The van der Waals surface area contributed by atoms with Crippen molar-refractivity contribution in [2.24, 2.45) is 0 Å². The second kappa shape index (κ2) is 7.14. The molecule has 1 saturated heterocycles. The van der Waals surface area contributed by atoms with Gasteiger partial charge in [0, 0.05) is 36.7 Å². The molecule has 4 rings (SSSR count). The average Bonchev–Trinajstić information content (AvgIpc) is 3.12. The van der Waals surface area contributed by atoms with E-state index in [0.717, 1.165) is 42.6 Å². The van der Waals surface area contributed by atoms with E-state index in [4.69, 9.17) is 4.74 Å². The van der Waals surface area contributed by atoms with Crippen LogP contribution in [0.25, 0.3) is 10.9 Å². The maximum absolute atomic E-state index is 13.3. The van der Waals surface area contributed by atoms with Gasteiger partial charge in [-0.05, 0) is 42.8 Å². The van der Waals surface area contributed by atoms with E-state index in [2.05, 4.69) is 41.2 Å². The molecule has 0 radical (unpaired) electrons. The molecule has 1 aliphatic heterocycles. The van der Waals surface area contributed by atoms with E-state index in [9.17, 15) is 4.39 Å². The predicted octanol–water partition coefficient (Wildman–Crippen LogP) is 4.16. The second-order valence-corrected chi connectivity index (χ2v) is 7.25. The number of ether oxygens (including phenoxy) is 1. The highest BCUT2D eigenvalue weighted by Crippen LogP contribution is 2.34. The van der Waals surface area contributed by atoms with E-state index >= 15 is 0 Å². The summed E-state index contributed by atoms with van der Waals surface area (Å²) in [6.07, 6.45) is 2.80. The van der Waals surface area contributed by atoms with E-state index in [1.54, 1.807) is 12.1 Å². The molecule has 1 aromatic heterocycles. The van der Waals surface area contributed by atoms with Gasteiger partial charge < -0.3 is 9.64 Å². The summed E-state index contributed by atoms with van der Waals surface area (Å²) in [6.45, 7) is 3.11. The molecular weight excluding hydrogens is 327 g/mol. The van der Waals surface area contributed by atoms with Crippen molar-refractivity contribution in [2.45, 2.75) is 18.4 Å². The fourth-order valence-electron chi connectivity index (χ4n) is 4.01. The Morgan fingerprint density at radius 1 is 1.12 bits per heavy atom. The van der Waals surface area contributed by atoms with Crippen molar-refractivity contribution >= 4 is 10.9 Å². The van der Waals surface area contributed by atoms with Gasteiger partial charge in [-0.2, -0.15) is 0 Å². The third kappa shape index (κ3) is 3.35. The zero-order valence-corrected chi connectivity index (χ0v) is 15.0. The molecule has 0 N–H and O–H groups in total. The number of rotatable bonds is 5. The molecule has 0 aliphatic carbocycles. The smallest absolute Gasteiger partial charge is 0.123 e. The van der Waals surface area contributed by atoms with Gasteiger partial charge in [0.25, 0.3) is 0 Å². The molecule has 2 heterocycles. The molecule has 3 nitrogen and oxygen atoms in total. The quantitative estimate of drug-likeness (QED) is 0.691. The van der Waals surface area contributed by atoms with Crippen LogP contribution in [-0.4, -0.2) is 36.7 Å². The first kappa shape index (κ1) is 17.1. The number of hydrogen-bond donors (Lipinski definition) is 0. The molecule has 134 valence electrons. The lowest BCUT2D eigenvalue weighted by atomic mass is 9.79. The van der Waals surface area contributed by atoms with Crippen molar-refractivity contribution < 1.29 is 9.13 Å². The zero-order valence-electron chi connectivity index (χ0n) is 15.0. The molecule has 4 heteroatoms. The SMILES string of the molecule is CN(Cc1cccc2cccnc12)C[C@]1(c2ccc(F)cc2)CCOC1. The fourth-order valence-corrected chi connectivity index (χ4v) is 4.01. The zero-order chi connectivity index (χ0) is 18.0. The lowest BCUT2D eigenvalue weighted by Gasteiger charge is -2.33. The van der Waals surface area contributed by atoms with Crippen molar-refractivity contribution in [1.29, 1.82) is 0 Å². The average molecular weight is 350 g/mol. The summed E-state index contributed by atoms with van der Waals surface area (Å²) in [4.78, 5) is 6.88. The van der Waals surface area contributed by atoms with Crippen molar-refractivity contribution in [3.8, 4) is 0 Å². The molecule has 26 heavy (non-hydrogen) atoms. The van der Waals surface area contributed by atoms with E-state index in [0.29, 0.717) is 6.61 Å². The number of pyridine rings is 1. The molecule has 2 aromatic carbocycles.